The molecule has 56 heavy (non-hydrogen) atoms. The monoisotopic (exact) mass is 786 g/mol. The van der Waals surface area contributed by atoms with Crippen molar-refractivity contribution in [3.63, 3.8) is 0 Å². The number of carboxylic acid groups (broad SMARTS) is 1. The standard InChI is InChI=1S/C35H55BN10O10/c1-22(34(52)46-17-7-9-28(46)36(55)56)41-32(50)23-12-14-24(15-13-23)44-45-30(48)11-4-2-3-10-29(47)39-16-6-5-8-26(35(53)54)43-33(51)27(42-31(49)19-37)18-25-20-38-21-40-25/h12-15,21-22,25-28,44,55-56H,2-11,16-20,37H2,1H3,(H,38,40)(H,39,47)(H,41,50)(H,42,49)(H,43,51)(H,45,48)(H,53,54)/t22-,25?,26+,27+,28+/m1/s1. The van der Waals surface area contributed by atoms with Crippen molar-refractivity contribution >= 4 is 60.6 Å². The summed E-state index contributed by atoms with van der Waals surface area (Å²) in [6.07, 6.45) is 6.11. The van der Waals surface area contributed by atoms with Crippen LogP contribution in [0.15, 0.2) is 29.3 Å². The van der Waals surface area contributed by atoms with Crippen molar-refractivity contribution in [3.05, 3.63) is 29.8 Å². The van der Waals surface area contributed by atoms with Crippen LogP contribution in [-0.2, 0) is 28.8 Å². The van der Waals surface area contributed by atoms with Crippen molar-refractivity contribution in [1.82, 2.24) is 36.9 Å². The molecule has 0 aromatic heterocycles. The van der Waals surface area contributed by atoms with Gasteiger partial charge < -0.3 is 52.4 Å². The van der Waals surface area contributed by atoms with E-state index in [1.807, 2.05) is 0 Å². The molecule has 2 heterocycles. The maximum absolute atomic E-state index is 12.9. The van der Waals surface area contributed by atoms with Gasteiger partial charge in [-0.25, -0.2) is 4.79 Å². The molecule has 0 radical (unpaired) electrons. The number of aliphatic carboxylic acids is 1. The first-order valence-corrected chi connectivity index (χ1v) is 18.9. The van der Waals surface area contributed by atoms with Crippen LogP contribution in [0, 0.1) is 0 Å². The van der Waals surface area contributed by atoms with Crippen molar-refractivity contribution in [3.8, 4) is 0 Å². The first-order valence-electron chi connectivity index (χ1n) is 18.9. The molecule has 21 heteroatoms. The van der Waals surface area contributed by atoms with Gasteiger partial charge in [0.2, 0.25) is 29.5 Å². The maximum Gasteiger partial charge on any atom is 0.475 e. The molecule has 308 valence electrons. The molecule has 0 bridgehead atoms. The number of hydrazine groups is 1. The van der Waals surface area contributed by atoms with Crippen LogP contribution in [0.1, 0.15) is 87.9 Å². The number of unbranched alkanes of at least 4 members (excludes halogenated alkanes) is 3. The highest BCUT2D eigenvalue weighted by Crippen LogP contribution is 2.19. The van der Waals surface area contributed by atoms with E-state index in [-0.39, 0.29) is 50.1 Å². The number of benzene rings is 1. The predicted molar refractivity (Wildman–Crippen MR) is 205 cm³/mol. The third-order valence-corrected chi connectivity index (χ3v) is 9.39. The summed E-state index contributed by atoms with van der Waals surface area (Å²) in [5.41, 5.74) is 11.6. The van der Waals surface area contributed by atoms with Gasteiger partial charge in [-0.3, -0.25) is 44.6 Å². The van der Waals surface area contributed by atoms with E-state index < -0.39 is 60.8 Å². The minimum atomic E-state index is -1.64. The van der Waals surface area contributed by atoms with Gasteiger partial charge in [0.25, 0.3) is 5.91 Å². The zero-order valence-corrected chi connectivity index (χ0v) is 31.6. The third kappa shape index (κ3) is 15.5. The molecule has 0 aliphatic carbocycles. The van der Waals surface area contributed by atoms with Crippen LogP contribution in [0.5, 0.6) is 0 Å². The number of nitrogens with one attached hydrogen (secondary N) is 7. The molecule has 1 saturated heterocycles. The Balaban J connectivity index is 1.24. The number of carbonyl (C=O) groups excluding carboxylic acids is 6. The Kier molecular flexibility index (Phi) is 19.0. The molecule has 1 unspecified atom stereocenters. The van der Waals surface area contributed by atoms with Crippen molar-refractivity contribution in [1.29, 1.82) is 0 Å². The topological polar surface area (TPSA) is 306 Å². The quantitative estimate of drug-likeness (QED) is 0.0304. The number of rotatable bonds is 24. The van der Waals surface area contributed by atoms with Gasteiger partial charge in [-0.2, -0.15) is 0 Å². The Morgan fingerprint density at radius 3 is 2.29 bits per heavy atom. The number of carbonyl (C=O) groups is 7. The molecular formula is C35H55BN10O10. The first-order chi connectivity index (χ1) is 26.8. The second-order valence-electron chi connectivity index (χ2n) is 13.8. The number of hydrogen-bond acceptors (Lipinski definition) is 13. The number of carboxylic acids is 1. The molecule has 0 saturated carbocycles. The summed E-state index contributed by atoms with van der Waals surface area (Å²) in [5, 5.41) is 42.1. The lowest BCUT2D eigenvalue weighted by Gasteiger charge is -2.27. The number of nitrogens with zero attached hydrogens (tertiary/aromatic N) is 2. The molecule has 0 spiro atoms. The molecule has 20 nitrogen and oxygen atoms in total. The van der Waals surface area contributed by atoms with Crippen molar-refractivity contribution in [2.45, 2.75) is 108 Å². The molecule has 2 aliphatic rings. The molecule has 1 aromatic rings. The lowest BCUT2D eigenvalue weighted by Crippen LogP contribution is -2.54. The van der Waals surface area contributed by atoms with E-state index in [1.165, 1.54) is 30.3 Å². The Morgan fingerprint density at radius 2 is 1.64 bits per heavy atom. The largest absolute Gasteiger partial charge is 0.480 e. The van der Waals surface area contributed by atoms with E-state index in [0.29, 0.717) is 75.8 Å². The zero-order chi connectivity index (χ0) is 41.0. The van der Waals surface area contributed by atoms with Crippen molar-refractivity contribution < 1.29 is 48.7 Å². The van der Waals surface area contributed by atoms with E-state index >= 15 is 0 Å². The third-order valence-electron chi connectivity index (χ3n) is 9.39. The van der Waals surface area contributed by atoms with Gasteiger partial charge in [-0.05, 0) is 82.6 Å². The summed E-state index contributed by atoms with van der Waals surface area (Å²) < 4.78 is 0. The fourth-order valence-corrected chi connectivity index (χ4v) is 6.25. The van der Waals surface area contributed by atoms with E-state index in [9.17, 15) is 48.7 Å². The van der Waals surface area contributed by atoms with Crippen LogP contribution in [-0.4, -0.2) is 131 Å². The van der Waals surface area contributed by atoms with E-state index in [2.05, 4.69) is 42.4 Å². The number of likely N-dealkylation sites (tertiary alicyclic amines) is 1. The maximum atomic E-state index is 12.9. The molecule has 12 N–H and O–H groups in total. The molecule has 2 aliphatic heterocycles. The fourth-order valence-electron chi connectivity index (χ4n) is 6.25. The van der Waals surface area contributed by atoms with Crippen molar-refractivity contribution in [2.24, 2.45) is 10.7 Å². The van der Waals surface area contributed by atoms with Crippen LogP contribution < -0.4 is 43.2 Å². The molecule has 5 atom stereocenters. The average molecular weight is 787 g/mol. The molecular weight excluding hydrogens is 731 g/mol. The molecule has 3 rings (SSSR count). The smallest absolute Gasteiger partial charge is 0.475 e. The van der Waals surface area contributed by atoms with Gasteiger partial charge in [-0.1, -0.05) is 6.42 Å². The minimum absolute atomic E-state index is 0.126. The predicted octanol–water partition coefficient (Wildman–Crippen LogP) is -2.11. The number of anilines is 1. The second kappa shape index (κ2) is 23.6. The van der Waals surface area contributed by atoms with Gasteiger partial charge in [0.15, 0.2) is 0 Å². The van der Waals surface area contributed by atoms with E-state index in [4.69, 9.17) is 5.73 Å². The highest BCUT2D eigenvalue weighted by Gasteiger charge is 2.38. The van der Waals surface area contributed by atoms with Gasteiger partial charge >= 0.3 is 13.1 Å². The first kappa shape index (κ1) is 45.1. The molecule has 6 amide bonds. The van der Waals surface area contributed by atoms with Crippen LogP contribution >= 0.6 is 0 Å². The summed E-state index contributed by atoms with van der Waals surface area (Å²) in [4.78, 5) is 91.9. The Hall–Kier alpha value is -5.28. The van der Waals surface area contributed by atoms with Gasteiger partial charge in [0.05, 0.1) is 31.1 Å². The van der Waals surface area contributed by atoms with E-state index in [0.717, 1.165) is 0 Å². The second-order valence-corrected chi connectivity index (χ2v) is 13.8. The number of hydrogen-bond donors (Lipinski definition) is 11. The summed E-state index contributed by atoms with van der Waals surface area (Å²) in [7, 11) is -1.64. The summed E-state index contributed by atoms with van der Waals surface area (Å²) in [6.45, 7) is 2.36. The van der Waals surface area contributed by atoms with Crippen LogP contribution in [0.2, 0.25) is 0 Å². The van der Waals surface area contributed by atoms with Crippen LogP contribution in [0.3, 0.4) is 0 Å². The van der Waals surface area contributed by atoms with Gasteiger partial charge in [-0.15, -0.1) is 0 Å². The summed E-state index contributed by atoms with van der Waals surface area (Å²) in [5.74, 6) is -4.38. The molecule has 1 fully saturated rings. The van der Waals surface area contributed by atoms with Crippen LogP contribution in [0.25, 0.3) is 0 Å². The zero-order valence-electron chi connectivity index (χ0n) is 31.6. The van der Waals surface area contributed by atoms with E-state index in [1.54, 1.807) is 12.1 Å². The van der Waals surface area contributed by atoms with Gasteiger partial charge in [0, 0.05) is 37.5 Å². The average Bonchev–Trinajstić information content (AvgIpc) is 3.89. The van der Waals surface area contributed by atoms with Crippen molar-refractivity contribution in [2.75, 3.05) is 31.6 Å². The Labute approximate surface area is 325 Å². The highest BCUT2D eigenvalue weighted by molar-refractivity contribution is 6.43. The number of aliphatic imine (C=N–C) groups is 1. The minimum Gasteiger partial charge on any atom is -0.480 e. The lowest BCUT2D eigenvalue weighted by atomic mass is 9.78. The molecule has 1 aromatic carbocycles. The van der Waals surface area contributed by atoms with Crippen LogP contribution in [0.4, 0.5) is 5.69 Å². The normalized spacial score (nSPS) is 17.5. The number of amides is 6. The summed E-state index contributed by atoms with van der Waals surface area (Å²) >= 11 is 0. The summed E-state index contributed by atoms with van der Waals surface area (Å²) in [6, 6.07) is 3.04. The SMILES string of the molecule is C[C@@H](NC(=O)c1ccc(NNC(=O)CCCCCC(=O)NCCCC[C@H](NC(=O)[C@H](CC2CN=CN2)NC(=O)CN)C(=O)O)cc1)C(=O)N1CCC[C@H]1B(O)O. The Morgan fingerprint density at radius 1 is 0.929 bits per heavy atom. The fraction of sp³-hybridized carbons (Fsp3) is 0.600. The van der Waals surface area contributed by atoms with Gasteiger partial charge in [0.1, 0.15) is 18.1 Å². The number of nitrogens with two attached hydrogens (primary N) is 1. The lowest BCUT2D eigenvalue weighted by molar-refractivity contribution is -0.142. The Bertz CT molecular complexity index is 1520. The highest BCUT2D eigenvalue weighted by atomic mass is 16.4.